The number of nitrogens with two attached hydrogens (primary N) is 1. The summed E-state index contributed by atoms with van der Waals surface area (Å²) in [6.07, 6.45) is 1.69. The molecular weight excluding hydrogens is 334 g/mol. The summed E-state index contributed by atoms with van der Waals surface area (Å²) in [5.74, 6) is 0.643. The van der Waals surface area contributed by atoms with E-state index >= 15 is 0 Å². The molecule has 112 valence electrons. The SMILES string of the molecule is Nc1cc(-c2ccc(Br)cc2)nn1C1CCC(CO)OC1. The van der Waals surface area contributed by atoms with Crippen LogP contribution < -0.4 is 5.73 Å². The molecule has 21 heavy (non-hydrogen) atoms. The molecule has 0 amide bonds. The van der Waals surface area contributed by atoms with E-state index in [0.29, 0.717) is 12.4 Å². The van der Waals surface area contributed by atoms with Crippen molar-refractivity contribution in [3.63, 3.8) is 0 Å². The van der Waals surface area contributed by atoms with Crippen LogP contribution in [0.2, 0.25) is 0 Å². The first-order chi connectivity index (χ1) is 10.2. The fraction of sp³-hybridized carbons (Fsp3) is 0.400. The number of hydrogen-bond acceptors (Lipinski definition) is 4. The van der Waals surface area contributed by atoms with Gasteiger partial charge in [-0.2, -0.15) is 5.10 Å². The molecule has 1 aromatic carbocycles. The van der Waals surface area contributed by atoms with Crippen molar-refractivity contribution < 1.29 is 9.84 Å². The zero-order chi connectivity index (χ0) is 14.8. The standard InChI is InChI=1S/C15H18BrN3O2/c16-11-3-1-10(2-4-11)14-7-15(17)19(18-14)12-5-6-13(8-20)21-9-12/h1-4,7,12-13,20H,5-6,8-9,17H2. The number of aliphatic hydroxyl groups is 1. The third-order valence-electron chi connectivity index (χ3n) is 3.80. The van der Waals surface area contributed by atoms with E-state index in [1.807, 2.05) is 35.0 Å². The Labute approximate surface area is 131 Å². The van der Waals surface area contributed by atoms with Crippen LogP contribution in [0.3, 0.4) is 0 Å². The molecule has 1 fully saturated rings. The van der Waals surface area contributed by atoms with E-state index in [1.54, 1.807) is 0 Å². The third-order valence-corrected chi connectivity index (χ3v) is 4.33. The Bertz CT molecular complexity index is 604. The first-order valence-corrected chi connectivity index (χ1v) is 7.80. The summed E-state index contributed by atoms with van der Waals surface area (Å²) < 4.78 is 8.48. The predicted molar refractivity (Wildman–Crippen MR) is 84.9 cm³/mol. The number of halogens is 1. The lowest BCUT2D eigenvalue weighted by Crippen LogP contribution is -2.31. The lowest BCUT2D eigenvalue weighted by atomic mass is 10.1. The van der Waals surface area contributed by atoms with Crippen molar-refractivity contribution in [1.29, 1.82) is 0 Å². The monoisotopic (exact) mass is 351 g/mol. The van der Waals surface area contributed by atoms with Crippen LogP contribution in [0.25, 0.3) is 11.3 Å². The van der Waals surface area contributed by atoms with Gasteiger partial charge in [0.15, 0.2) is 0 Å². The van der Waals surface area contributed by atoms with Crippen molar-refractivity contribution >= 4 is 21.7 Å². The molecule has 2 atom stereocenters. The second-order valence-corrected chi connectivity index (χ2v) is 6.19. The largest absolute Gasteiger partial charge is 0.394 e. The van der Waals surface area contributed by atoms with E-state index in [-0.39, 0.29) is 18.8 Å². The van der Waals surface area contributed by atoms with Crippen molar-refractivity contribution in [2.75, 3.05) is 18.9 Å². The molecule has 3 rings (SSSR count). The van der Waals surface area contributed by atoms with Gasteiger partial charge in [-0.3, -0.25) is 0 Å². The molecule has 2 unspecified atom stereocenters. The molecule has 1 aromatic heterocycles. The van der Waals surface area contributed by atoms with Crippen LogP contribution in [0.5, 0.6) is 0 Å². The first-order valence-electron chi connectivity index (χ1n) is 7.01. The van der Waals surface area contributed by atoms with Gasteiger partial charge in [-0.25, -0.2) is 4.68 Å². The summed E-state index contributed by atoms with van der Waals surface area (Å²) in [5.41, 5.74) is 7.99. The number of hydrogen-bond donors (Lipinski definition) is 2. The van der Waals surface area contributed by atoms with E-state index in [9.17, 15) is 0 Å². The zero-order valence-corrected chi connectivity index (χ0v) is 13.2. The number of nitrogen functional groups attached to an aromatic ring is 1. The zero-order valence-electron chi connectivity index (χ0n) is 11.6. The summed E-state index contributed by atoms with van der Waals surface area (Å²) in [6, 6.07) is 10.0. The lowest BCUT2D eigenvalue weighted by molar-refractivity contribution is -0.0406. The number of ether oxygens (including phenoxy) is 1. The van der Waals surface area contributed by atoms with Crippen LogP contribution in [0, 0.1) is 0 Å². The van der Waals surface area contributed by atoms with Gasteiger partial charge >= 0.3 is 0 Å². The van der Waals surface area contributed by atoms with Crippen molar-refractivity contribution in [3.8, 4) is 11.3 Å². The maximum absolute atomic E-state index is 9.10. The number of aliphatic hydroxyl groups excluding tert-OH is 1. The Balaban J connectivity index is 1.80. The highest BCUT2D eigenvalue weighted by Crippen LogP contribution is 2.28. The van der Waals surface area contributed by atoms with Crippen LogP contribution in [0.4, 0.5) is 5.82 Å². The van der Waals surface area contributed by atoms with E-state index in [2.05, 4.69) is 21.0 Å². The smallest absolute Gasteiger partial charge is 0.122 e. The molecular formula is C15H18BrN3O2. The minimum absolute atomic E-state index is 0.0519. The quantitative estimate of drug-likeness (QED) is 0.891. The van der Waals surface area contributed by atoms with Crippen LogP contribution in [0.15, 0.2) is 34.8 Å². The lowest BCUT2D eigenvalue weighted by Gasteiger charge is -2.28. The van der Waals surface area contributed by atoms with Gasteiger partial charge in [0.05, 0.1) is 31.1 Å². The Morgan fingerprint density at radius 1 is 1.33 bits per heavy atom. The van der Waals surface area contributed by atoms with E-state index in [4.69, 9.17) is 15.6 Å². The fourth-order valence-electron chi connectivity index (χ4n) is 2.59. The summed E-state index contributed by atoms with van der Waals surface area (Å²) in [7, 11) is 0. The van der Waals surface area contributed by atoms with Gasteiger partial charge in [0.1, 0.15) is 5.82 Å². The number of nitrogens with zero attached hydrogens (tertiary/aromatic N) is 2. The highest BCUT2D eigenvalue weighted by atomic mass is 79.9. The predicted octanol–water partition coefficient (Wildman–Crippen LogP) is 2.61. The molecule has 0 saturated carbocycles. The van der Waals surface area contributed by atoms with Gasteiger partial charge in [-0.1, -0.05) is 28.1 Å². The van der Waals surface area contributed by atoms with Gasteiger partial charge in [-0.05, 0) is 25.0 Å². The molecule has 0 radical (unpaired) electrons. The number of rotatable bonds is 3. The molecule has 0 spiro atoms. The Hall–Kier alpha value is -1.37. The Kier molecular flexibility index (Phi) is 4.28. The Morgan fingerprint density at radius 3 is 2.71 bits per heavy atom. The van der Waals surface area contributed by atoms with E-state index in [1.165, 1.54) is 0 Å². The molecule has 2 aromatic rings. The topological polar surface area (TPSA) is 73.3 Å². The van der Waals surface area contributed by atoms with Crippen LogP contribution in [0.1, 0.15) is 18.9 Å². The van der Waals surface area contributed by atoms with Gasteiger partial charge < -0.3 is 15.6 Å². The number of anilines is 1. The van der Waals surface area contributed by atoms with Crippen molar-refractivity contribution in [3.05, 3.63) is 34.8 Å². The first kappa shape index (κ1) is 14.6. The summed E-state index contributed by atoms with van der Waals surface area (Å²) >= 11 is 3.43. The molecule has 1 aliphatic rings. The van der Waals surface area contributed by atoms with Crippen LogP contribution >= 0.6 is 15.9 Å². The van der Waals surface area contributed by atoms with Gasteiger partial charge in [0.25, 0.3) is 0 Å². The van der Waals surface area contributed by atoms with Crippen molar-refractivity contribution in [2.45, 2.75) is 25.0 Å². The average Bonchev–Trinajstić information content (AvgIpc) is 2.90. The molecule has 0 bridgehead atoms. The van der Waals surface area contributed by atoms with Gasteiger partial charge in [0, 0.05) is 16.1 Å². The minimum Gasteiger partial charge on any atom is -0.394 e. The molecule has 1 aliphatic heterocycles. The molecule has 3 N–H and O–H groups in total. The molecule has 0 aliphatic carbocycles. The maximum Gasteiger partial charge on any atom is 0.122 e. The van der Waals surface area contributed by atoms with Crippen LogP contribution in [-0.2, 0) is 4.74 Å². The molecule has 1 saturated heterocycles. The molecule has 2 heterocycles. The van der Waals surface area contributed by atoms with Gasteiger partial charge in [0.2, 0.25) is 0 Å². The molecule has 6 heteroatoms. The molecule has 5 nitrogen and oxygen atoms in total. The Morgan fingerprint density at radius 2 is 2.10 bits per heavy atom. The average molecular weight is 352 g/mol. The minimum atomic E-state index is -0.0519. The maximum atomic E-state index is 9.10. The summed E-state index contributed by atoms with van der Waals surface area (Å²) in [4.78, 5) is 0. The highest BCUT2D eigenvalue weighted by molar-refractivity contribution is 9.10. The normalized spacial score (nSPS) is 22.4. The second kappa shape index (κ2) is 6.17. The summed E-state index contributed by atoms with van der Waals surface area (Å²) in [6.45, 7) is 0.613. The van der Waals surface area contributed by atoms with Crippen molar-refractivity contribution in [1.82, 2.24) is 9.78 Å². The fourth-order valence-corrected chi connectivity index (χ4v) is 2.86. The van der Waals surface area contributed by atoms with Gasteiger partial charge in [-0.15, -0.1) is 0 Å². The van der Waals surface area contributed by atoms with Crippen molar-refractivity contribution in [2.24, 2.45) is 0 Å². The second-order valence-electron chi connectivity index (χ2n) is 5.27. The highest BCUT2D eigenvalue weighted by Gasteiger charge is 2.24. The van der Waals surface area contributed by atoms with Crippen LogP contribution in [-0.4, -0.2) is 34.2 Å². The number of benzene rings is 1. The summed E-state index contributed by atoms with van der Waals surface area (Å²) in [5, 5.41) is 13.7. The number of aromatic nitrogens is 2. The van der Waals surface area contributed by atoms with E-state index < -0.39 is 0 Å². The third kappa shape index (κ3) is 3.12. The van der Waals surface area contributed by atoms with E-state index in [0.717, 1.165) is 28.6 Å².